The van der Waals surface area contributed by atoms with Crippen molar-refractivity contribution in [2.75, 3.05) is 20.0 Å². The molecule has 0 saturated carbocycles. The van der Waals surface area contributed by atoms with Crippen LogP contribution in [0.15, 0.2) is 18.2 Å². The van der Waals surface area contributed by atoms with E-state index in [1.807, 2.05) is 12.1 Å². The predicted molar refractivity (Wildman–Crippen MR) is 78.3 cm³/mol. The zero-order valence-corrected chi connectivity index (χ0v) is 11.9. The van der Waals surface area contributed by atoms with E-state index in [-0.39, 0.29) is 45.5 Å². The van der Waals surface area contributed by atoms with Crippen molar-refractivity contribution < 1.29 is 14.6 Å². The molecule has 0 unspecified atom stereocenters. The summed E-state index contributed by atoms with van der Waals surface area (Å²) in [5.41, 5.74) is 6.15. The largest absolute Gasteiger partial charge is 0.504 e. The van der Waals surface area contributed by atoms with Crippen molar-refractivity contribution in [3.8, 4) is 40.6 Å². The molecule has 110 valence electrons. The van der Waals surface area contributed by atoms with Crippen LogP contribution in [-0.2, 0) is 0 Å². The zero-order valence-electron chi connectivity index (χ0n) is 11.9. The minimum Gasteiger partial charge on any atom is -0.504 e. The van der Waals surface area contributed by atoms with Crippen LogP contribution < -0.4 is 15.2 Å². The molecule has 7 nitrogen and oxygen atoms in total. The first-order valence-electron chi connectivity index (χ1n) is 6.13. The molecule has 0 spiro atoms. The van der Waals surface area contributed by atoms with Gasteiger partial charge in [-0.25, -0.2) is 0 Å². The van der Waals surface area contributed by atoms with Crippen LogP contribution in [0.4, 0.5) is 5.82 Å². The lowest BCUT2D eigenvalue weighted by atomic mass is 9.95. The summed E-state index contributed by atoms with van der Waals surface area (Å²) in [6.07, 6.45) is 0. The van der Waals surface area contributed by atoms with E-state index >= 15 is 0 Å². The number of hydrogen-bond acceptors (Lipinski definition) is 7. The Bertz CT molecular complexity index is 819. The molecule has 22 heavy (non-hydrogen) atoms. The Labute approximate surface area is 126 Å². The van der Waals surface area contributed by atoms with E-state index < -0.39 is 0 Å². The minimum absolute atomic E-state index is 0.0109. The van der Waals surface area contributed by atoms with Crippen molar-refractivity contribution in [3.05, 3.63) is 29.3 Å². The van der Waals surface area contributed by atoms with Gasteiger partial charge in [-0.15, -0.1) is 0 Å². The van der Waals surface area contributed by atoms with Gasteiger partial charge in [0.2, 0.25) is 5.88 Å². The van der Waals surface area contributed by atoms with Crippen molar-refractivity contribution in [2.45, 2.75) is 0 Å². The molecular formula is C15H12N4O3. The molecule has 0 fully saturated rings. The quantitative estimate of drug-likeness (QED) is 0.884. The van der Waals surface area contributed by atoms with E-state index in [4.69, 9.17) is 15.2 Å². The summed E-state index contributed by atoms with van der Waals surface area (Å²) in [6.45, 7) is 0. The van der Waals surface area contributed by atoms with Crippen LogP contribution in [0.1, 0.15) is 11.1 Å². The van der Waals surface area contributed by atoms with Gasteiger partial charge in [0.25, 0.3) is 0 Å². The summed E-state index contributed by atoms with van der Waals surface area (Å²) < 4.78 is 10.1. The molecule has 1 aromatic heterocycles. The van der Waals surface area contributed by atoms with E-state index in [0.717, 1.165) is 0 Å². The third kappa shape index (κ3) is 2.21. The van der Waals surface area contributed by atoms with Crippen LogP contribution in [-0.4, -0.2) is 24.3 Å². The Kier molecular flexibility index (Phi) is 4.01. The molecule has 0 bridgehead atoms. The third-order valence-corrected chi connectivity index (χ3v) is 3.10. The number of phenolic OH excluding ortho intramolecular Hbond substituents is 1. The molecule has 0 aliphatic heterocycles. The number of nitrogens with zero attached hydrogens (tertiary/aromatic N) is 3. The molecule has 0 radical (unpaired) electrons. The molecule has 3 N–H and O–H groups in total. The van der Waals surface area contributed by atoms with Crippen LogP contribution in [0.2, 0.25) is 0 Å². The molecule has 1 aromatic carbocycles. The number of nitriles is 2. The van der Waals surface area contributed by atoms with Gasteiger partial charge in [0, 0.05) is 11.1 Å². The number of para-hydroxylation sites is 1. The van der Waals surface area contributed by atoms with Crippen LogP contribution in [0.5, 0.6) is 17.4 Å². The van der Waals surface area contributed by atoms with Gasteiger partial charge in [0.15, 0.2) is 11.5 Å². The number of anilines is 1. The zero-order chi connectivity index (χ0) is 16.3. The Morgan fingerprint density at radius 1 is 1.14 bits per heavy atom. The average molecular weight is 296 g/mol. The maximum Gasteiger partial charge on any atom is 0.234 e. The van der Waals surface area contributed by atoms with E-state index in [9.17, 15) is 15.6 Å². The fourth-order valence-electron chi connectivity index (χ4n) is 2.10. The van der Waals surface area contributed by atoms with E-state index in [0.29, 0.717) is 0 Å². The Morgan fingerprint density at radius 3 is 2.36 bits per heavy atom. The summed E-state index contributed by atoms with van der Waals surface area (Å²) in [4.78, 5) is 3.89. The number of rotatable bonds is 3. The van der Waals surface area contributed by atoms with Crippen molar-refractivity contribution in [3.63, 3.8) is 0 Å². The van der Waals surface area contributed by atoms with E-state index in [2.05, 4.69) is 4.98 Å². The number of nitrogen functional groups attached to an aromatic ring is 1. The Balaban J connectivity index is 2.94. The van der Waals surface area contributed by atoms with Crippen LogP contribution in [0.3, 0.4) is 0 Å². The molecule has 0 aliphatic carbocycles. The third-order valence-electron chi connectivity index (χ3n) is 3.10. The van der Waals surface area contributed by atoms with Crippen molar-refractivity contribution in [1.82, 2.24) is 4.98 Å². The second-order valence-corrected chi connectivity index (χ2v) is 4.21. The number of ether oxygens (including phenoxy) is 2. The normalized spacial score (nSPS) is 9.64. The molecule has 0 aliphatic rings. The monoisotopic (exact) mass is 296 g/mol. The summed E-state index contributed by atoms with van der Waals surface area (Å²) in [7, 11) is 2.74. The number of methoxy groups -OCH3 is 2. The van der Waals surface area contributed by atoms with Crippen molar-refractivity contribution >= 4 is 5.82 Å². The fraction of sp³-hybridized carbons (Fsp3) is 0.133. The van der Waals surface area contributed by atoms with Crippen LogP contribution in [0.25, 0.3) is 11.1 Å². The molecule has 2 rings (SSSR count). The number of pyridine rings is 1. The number of phenols is 1. The lowest BCUT2D eigenvalue weighted by Gasteiger charge is -2.14. The first-order valence-corrected chi connectivity index (χ1v) is 6.13. The van der Waals surface area contributed by atoms with E-state index in [1.54, 1.807) is 18.2 Å². The highest BCUT2D eigenvalue weighted by Gasteiger charge is 2.23. The highest BCUT2D eigenvalue weighted by Crippen LogP contribution is 2.42. The van der Waals surface area contributed by atoms with Gasteiger partial charge in [-0.1, -0.05) is 12.1 Å². The van der Waals surface area contributed by atoms with E-state index in [1.165, 1.54) is 14.2 Å². The van der Waals surface area contributed by atoms with Gasteiger partial charge in [-0.3, -0.25) is 0 Å². The maximum atomic E-state index is 10.3. The first-order chi connectivity index (χ1) is 10.6. The molecule has 1 heterocycles. The van der Waals surface area contributed by atoms with Gasteiger partial charge < -0.3 is 20.3 Å². The lowest BCUT2D eigenvalue weighted by Crippen LogP contribution is -2.04. The topological polar surface area (TPSA) is 125 Å². The summed E-state index contributed by atoms with van der Waals surface area (Å²) >= 11 is 0. The Hall–Kier alpha value is -3.45. The average Bonchev–Trinajstić information content (AvgIpc) is 2.54. The highest BCUT2D eigenvalue weighted by molar-refractivity contribution is 5.86. The Morgan fingerprint density at radius 2 is 1.82 bits per heavy atom. The van der Waals surface area contributed by atoms with Gasteiger partial charge in [0.05, 0.1) is 14.2 Å². The van der Waals surface area contributed by atoms with Crippen molar-refractivity contribution in [2.24, 2.45) is 0 Å². The van der Waals surface area contributed by atoms with Gasteiger partial charge in [0.1, 0.15) is 29.1 Å². The maximum absolute atomic E-state index is 10.3. The number of aromatic nitrogens is 1. The van der Waals surface area contributed by atoms with Gasteiger partial charge in [-0.05, 0) is 6.07 Å². The SMILES string of the molecule is COc1cccc(-c2c(C#N)c(N)nc(OC)c2C#N)c1O. The second kappa shape index (κ2) is 5.90. The first kappa shape index (κ1) is 14.9. The molecule has 0 amide bonds. The molecule has 0 saturated heterocycles. The smallest absolute Gasteiger partial charge is 0.234 e. The predicted octanol–water partition coefficient (Wildman–Crippen LogP) is 1.80. The number of aromatic hydroxyl groups is 1. The standard InChI is InChI=1S/C15H12N4O3/c1-21-11-5-3-4-8(13(11)20)12-9(6-16)14(18)19-15(22-2)10(12)7-17/h3-5,20H,1-2H3,(H2,18,19). The van der Waals surface area contributed by atoms with Crippen LogP contribution >= 0.6 is 0 Å². The van der Waals surface area contributed by atoms with Gasteiger partial charge in [-0.2, -0.15) is 15.5 Å². The van der Waals surface area contributed by atoms with Gasteiger partial charge >= 0.3 is 0 Å². The minimum atomic E-state index is -0.203. The molecular weight excluding hydrogens is 284 g/mol. The van der Waals surface area contributed by atoms with Crippen LogP contribution in [0, 0.1) is 22.7 Å². The number of hydrogen-bond donors (Lipinski definition) is 2. The highest BCUT2D eigenvalue weighted by atomic mass is 16.5. The molecule has 7 heteroatoms. The lowest BCUT2D eigenvalue weighted by molar-refractivity contribution is 0.374. The summed E-state index contributed by atoms with van der Waals surface area (Å²) in [6, 6.07) is 8.57. The summed E-state index contributed by atoms with van der Waals surface area (Å²) in [5, 5.41) is 29.0. The summed E-state index contributed by atoms with van der Waals surface area (Å²) in [5.74, 6) is -0.0999. The molecule has 0 atom stereocenters. The molecule has 2 aromatic rings. The van der Waals surface area contributed by atoms with Crippen molar-refractivity contribution in [1.29, 1.82) is 10.5 Å². The second-order valence-electron chi connectivity index (χ2n) is 4.21. The fourth-order valence-corrected chi connectivity index (χ4v) is 2.10. The number of benzene rings is 1. The number of nitrogens with two attached hydrogens (primary N) is 1.